The number of Topliss-reactive ketones (excluding diaryl/α,β-unsaturated/α-hetero) is 1. The van der Waals surface area contributed by atoms with Crippen molar-refractivity contribution in [3.8, 4) is 5.75 Å². The van der Waals surface area contributed by atoms with Crippen LogP contribution in [-0.2, 0) is 21.2 Å². The minimum absolute atomic E-state index is 0.000111. The fourth-order valence-electron chi connectivity index (χ4n) is 3.91. The van der Waals surface area contributed by atoms with Gasteiger partial charge in [0, 0.05) is 24.4 Å². The molecule has 0 saturated carbocycles. The average Bonchev–Trinajstić information content (AvgIpc) is 3.39. The average molecular weight is 467 g/mol. The van der Waals surface area contributed by atoms with Crippen LogP contribution in [0.25, 0.3) is 11.0 Å². The van der Waals surface area contributed by atoms with Crippen LogP contribution < -0.4 is 4.74 Å². The third-order valence-corrected chi connectivity index (χ3v) is 7.14. The smallest absolute Gasteiger partial charge is 0.443 e. The second-order valence-electron chi connectivity index (χ2n) is 7.50. The monoisotopic (exact) mass is 467 g/mol. The molecule has 0 N–H and O–H groups in total. The van der Waals surface area contributed by atoms with E-state index in [1.165, 1.54) is 24.3 Å². The Kier molecular flexibility index (Phi) is 6.00. The maximum atomic E-state index is 13.1. The van der Waals surface area contributed by atoms with Gasteiger partial charge in [-0.05, 0) is 37.0 Å². The van der Waals surface area contributed by atoms with Gasteiger partial charge in [0.15, 0.2) is 5.78 Å². The number of carbonyl (C=O) groups is 1. The van der Waals surface area contributed by atoms with Crippen molar-refractivity contribution in [3.63, 3.8) is 0 Å². The summed E-state index contributed by atoms with van der Waals surface area (Å²) in [5.41, 5.74) is 0.650. The second kappa shape index (κ2) is 8.59. The normalized spacial score (nSPS) is 17.7. The first-order valence-corrected chi connectivity index (χ1v) is 11.5. The minimum atomic E-state index is -4.84. The van der Waals surface area contributed by atoms with E-state index < -0.39 is 22.4 Å². The molecular formula is C22H20F3NO5S. The van der Waals surface area contributed by atoms with Crippen molar-refractivity contribution in [2.45, 2.75) is 43.2 Å². The number of rotatable bonds is 7. The lowest BCUT2D eigenvalue weighted by Gasteiger charge is -2.22. The van der Waals surface area contributed by atoms with E-state index in [2.05, 4.69) is 4.74 Å². The lowest BCUT2D eigenvalue weighted by Crippen LogP contribution is -2.40. The minimum Gasteiger partial charge on any atom is -0.443 e. The summed E-state index contributed by atoms with van der Waals surface area (Å²) < 4.78 is 74.8. The number of halogens is 3. The van der Waals surface area contributed by atoms with Crippen LogP contribution in [-0.4, -0.2) is 37.5 Å². The molecule has 170 valence electrons. The molecule has 32 heavy (non-hydrogen) atoms. The lowest BCUT2D eigenvalue weighted by atomic mass is 10.0. The number of fused-ring (bicyclic) bond motifs is 1. The number of alkyl halides is 3. The van der Waals surface area contributed by atoms with Crippen molar-refractivity contribution < 1.29 is 35.5 Å². The van der Waals surface area contributed by atoms with Gasteiger partial charge in [-0.3, -0.25) is 4.79 Å². The molecule has 1 aliphatic rings. The van der Waals surface area contributed by atoms with Crippen molar-refractivity contribution in [2.24, 2.45) is 0 Å². The summed E-state index contributed by atoms with van der Waals surface area (Å²) in [6.45, 7) is 0.170. The fourth-order valence-corrected chi connectivity index (χ4v) is 5.54. The zero-order chi connectivity index (χ0) is 22.9. The Hall–Kier alpha value is -2.85. The molecule has 1 aromatic heterocycles. The van der Waals surface area contributed by atoms with E-state index in [-0.39, 0.29) is 41.6 Å². The first-order chi connectivity index (χ1) is 15.1. The molecule has 1 atom stereocenters. The SMILES string of the molecule is O=C(CCc1ccccc1OC(F)(F)F)[C@@H]1CCCN1S(=O)(=O)c1cc2ccccc2o1. The zero-order valence-corrected chi connectivity index (χ0v) is 17.7. The van der Waals surface area contributed by atoms with Crippen LogP contribution >= 0.6 is 0 Å². The van der Waals surface area contributed by atoms with Gasteiger partial charge in [0.25, 0.3) is 10.0 Å². The van der Waals surface area contributed by atoms with Gasteiger partial charge in [-0.15, -0.1) is 13.2 Å². The summed E-state index contributed by atoms with van der Waals surface area (Å²) in [6.07, 6.45) is -4.11. The van der Waals surface area contributed by atoms with Crippen LogP contribution in [0.15, 0.2) is 64.1 Å². The molecule has 1 aliphatic heterocycles. The number of hydrogen-bond acceptors (Lipinski definition) is 5. The summed E-state index contributed by atoms with van der Waals surface area (Å²) in [5, 5.41) is 0.400. The van der Waals surface area contributed by atoms with E-state index in [1.807, 2.05) is 0 Å². The topological polar surface area (TPSA) is 76.8 Å². The third-order valence-electron chi connectivity index (χ3n) is 5.38. The molecule has 3 aromatic rings. The highest BCUT2D eigenvalue weighted by Crippen LogP contribution is 2.32. The number of nitrogens with zero attached hydrogens (tertiary/aromatic N) is 1. The maximum absolute atomic E-state index is 13.1. The molecule has 1 fully saturated rings. The predicted molar refractivity (Wildman–Crippen MR) is 110 cm³/mol. The number of ketones is 1. The van der Waals surface area contributed by atoms with Crippen LogP contribution in [0.4, 0.5) is 13.2 Å². The van der Waals surface area contributed by atoms with Crippen molar-refractivity contribution in [2.75, 3.05) is 6.54 Å². The van der Waals surface area contributed by atoms with Crippen LogP contribution in [0, 0.1) is 0 Å². The predicted octanol–water partition coefficient (Wildman–Crippen LogP) is 4.69. The Morgan fingerprint density at radius 3 is 2.59 bits per heavy atom. The summed E-state index contributed by atoms with van der Waals surface area (Å²) in [7, 11) is -4.04. The molecule has 4 rings (SSSR count). The van der Waals surface area contributed by atoms with Gasteiger partial charge in [0.2, 0.25) is 5.09 Å². The van der Waals surface area contributed by atoms with Crippen molar-refractivity contribution in [3.05, 3.63) is 60.2 Å². The van der Waals surface area contributed by atoms with Crippen LogP contribution in [0.5, 0.6) is 5.75 Å². The molecule has 0 spiro atoms. The molecule has 0 aliphatic carbocycles. The van der Waals surface area contributed by atoms with E-state index in [4.69, 9.17) is 4.42 Å². The highest BCUT2D eigenvalue weighted by atomic mass is 32.2. The van der Waals surface area contributed by atoms with E-state index >= 15 is 0 Å². The number of sulfonamides is 1. The number of furan rings is 1. The molecule has 6 nitrogen and oxygen atoms in total. The summed E-state index contributed by atoms with van der Waals surface area (Å²) in [5.74, 6) is -0.727. The Balaban J connectivity index is 1.50. The molecular weight excluding hydrogens is 447 g/mol. The van der Waals surface area contributed by atoms with Crippen LogP contribution in [0.1, 0.15) is 24.8 Å². The molecule has 0 unspecified atom stereocenters. The molecule has 0 radical (unpaired) electrons. The summed E-state index contributed by atoms with van der Waals surface area (Å²) >= 11 is 0. The highest BCUT2D eigenvalue weighted by molar-refractivity contribution is 7.89. The number of carbonyl (C=O) groups excluding carboxylic acids is 1. The number of para-hydroxylation sites is 2. The van der Waals surface area contributed by atoms with E-state index in [0.717, 1.165) is 4.31 Å². The van der Waals surface area contributed by atoms with Gasteiger partial charge in [0.1, 0.15) is 11.3 Å². The molecule has 0 bridgehead atoms. The van der Waals surface area contributed by atoms with Gasteiger partial charge >= 0.3 is 6.36 Å². The Labute approximate surface area is 182 Å². The van der Waals surface area contributed by atoms with Gasteiger partial charge in [-0.1, -0.05) is 36.4 Å². The van der Waals surface area contributed by atoms with Gasteiger partial charge < -0.3 is 9.15 Å². The summed E-state index contributed by atoms with van der Waals surface area (Å²) in [6, 6.07) is 13.0. The van der Waals surface area contributed by atoms with Gasteiger partial charge in [0.05, 0.1) is 6.04 Å². The van der Waals surface area contributed by atoms with Crippen molar-refractivity contribution >= 4 is 26.8 Å². The van der Waals surface area contributed by atoms with Gasteiger partial charge in [-0.2, -0.15) is 4.31 Å². The standard InChI is InChI=1S/C22H20F3NO5S/c23-22(24,25)31-20-10-4-1-6-15(20)11-12-18(27)17-8-5-13-26(17)32(28,29)21-14-16-7-2-3-9-19(16)30-21/h1-4,6-7,9-10,14,17H,5,8,11-13H2/t17-/m0/s1. The number of benzene rings is 2. The Morgan fingerprint density at radius 2 is 1.84 bits per heavy atom. The molecule has 0 amide bonds. The zero-order valence-electron chi connectivity index (χ0n) is 16.8. The van der Waals surface area contributed by atoms with E-state index in [0.29, 0.717) is 23.8 Å². The van der Waals surface area contributed by atoms with Crippen LogP contribution in [0.2, 0.25) is 0 Å². The Morgan fingerprint density at radius 1 is 1.12 bits per heavy atom. The molecule has 1 saturated heterocycles. The number of hydrogen-bond donors (Lipinski definition) is 0. The van der Waals surface area contributed by atoms with Crippen molar-refractivity contribution in [1.82, 2.24) is 4.31 Å². The van der Waals surface area contributed by atoms with Gasteiger partial charge in [-0.25, -0.2) is 8.42 Å². The molecule has 10 heteroatoms. The van der Waals surface area contributed by atoms with Crippen LogP contribution in [0.3, 0.4) is 0 Å². The fraction of sp³-hybridized carbons (Fsp3) is 0.318. The van der Waals surface area contributed by atoms with E-state index in [1.54, 1.807) is 30.3 Å². The number of aryl methyl sites for hydroxylation is 1. The third kappa shape index (κ3) is 4.66. The Bertz CT molecular complexity index is 1200. The molecule has 2 aromatic carbocycles. The lowest BCUT2D eigenvalue weighted by molar-refractivity contribution is -0.274. The first-order valence-electron chi connectivity index (χ1n) is 10.0. The highest BCUT2D eigenvalue weighted by Gasteiger charge is 2.40. The largest absolute Gasteiger partial charge is 0.573 e. The maximum Gasteiger partial charge on any atom is 0.573 e. The van der Waals surface area contributed by atoms with Crippen molar-refractivity contribution in [1.29, 1.82) is 0 Å². The number of ether oxygens (including phenoxy) is 1. The quantitative estimate of drug-likeness (QED) is 0.504. The molecule has 2 heterocycles. The summed E-state index contributed by atoms with van der Waals surface area (Å²) in [4.78, 5) is 12.9. The first kappa shape index (κ1) is 22.3. The second-order valence-corrected chi connectivity index (χ2v) is 9.32. The van der Waals surface area contributed by atoms with E-state index in [9.17, 15) is 26.4 Å².